The highest BCUT2D eigenvalue weighted by Gasteiger charge is 2.25. The van der Waals surface area contributed by atoms with Gasteiger partial charge in [-0.1, -0.05) is 38.1 Å². The maximum Gasteiger partial charge on any atom is 0.119 e. The highest BCUT2D eigenvalue weighted by molar-refractivity contribution is 5.41. The van der Waals surface area contributed by atoms with Gasteiger partial charge >= 0.3 is 0 Å². The molecule has 2 aromatic rings. The summed E-state index contributed by atoms with van der Waals surface area (Å²) < 4.78 is 23.4. The number of benzene rings is 2. The lowest BCUT2D eigenvalue weighted by atomic mass is 9.78. The first-order valence-corrected chi connectivity index (χ1v) is 13.9. The molecule has 4 atom stereocenters. The minimum Gasteiger partial charge on any atom is -0.493 e. The average molecular weight is 513 g/mol. The zero-order valence-corrected chi connectivity index (χ0v) is 22.4. The van der Waals surface area contributed by atoms with E-state index in [4.69, 9.17) is 18.9 Å². The molecule has 0 spiro atoms. The normalized spacial score (nSPS) is 21.6. The highest BCUT2D eigenvalue weighted by atomic mass is 16.5. The van der Waals surface area contributed by atoms with Crippen molar-refractivity contribution < 1.29 is 29.2 Å². The Hall–Kier alpha value is -2.12. The van der Waals surface area contributed by atoms with Crippen molar-refractivity contribution in [3.05, 3.63) is 59.7 Å². The van der Waals surface area contributed by atoms with Crippen molar-refractivity contribution in [2.75, 3.05) is 39.6 Å². The van der Waals surface area contributed by atoms with E-state index in [1.54, 1.807) is 0 Å². The van der Waals surface area contributed by atoms with Crippen LogP contribution in [0.2, 0.25) is 0 Å². The number of rotatable bonds is 14. The molecule has 0 radical (unpaired) electrons. The van der Waals surface area contributed by atoms with E-state index in [1.165, 1.54) is 11.1 Å². The van der Waals surface area contributed by atoms with Gasteiger partial charge in [0.25, 0.3) is 0 Å². The van der Waals surface area contributed by atoms with Crippen LogP contribution in [0, 0.1) is 11.8 Å². The SMILES string of the molecule is CC(C)(c1ccc(OCC(CO)CC2CCCO2)cc1)c1ccc(OCC(CO)CC2CCCO2)cc1. The monoisotopic (exact) mass is 512 g/mol. The standard InChI is InChI=1S/C31H44O6/c1-31(2,25-7-11-27(12-8-25)36-21-23(19-32)17-29-5-3-15-34-29)26-9-13-28(14-10-26)37-22-24(20-33)18-30-6-4-16-35-30/h7-14,23-24,29-30,32-33H,3-6,15-22H2,1-2H3. The van der Waals surface area contributed by atoms with Crippen LogP contribution in [0.15, 0.2) is 48.5 Å². The Morgan fingerprint density at radius 3 is 1.46 bits per heavy atom. The summed E-state index contributed by atoms with van der Waals surface area (Å²) >= 11 is 0. The summed E-state index contributed by atoms with van der Waals surface area (Å²) in [4.78, 5) is 0. The van der Waals surface area contributed by atoms with Crippen molar-refractivity contribution in [3.63, 3.8) is 0 Å². The van der Waals surface area contributed by atoms with Gasteiger partial charge in [0.05, 0.1) is 25.4 Å². The van der Waals surface area contributed by atoms with Gasteiger partial charge in [-0.15, -0.1) is 0 Å². The van der Waals surface area contributed by atoms with Crippen molar-refractivity contribution in [3.8, 4) is 11.5 Å². The Bertz CT molecular complexity index is 838. The lowest BCUT2D eigenvalue weighted by Gasteiger charge is -2.27. The molecule has 0 aromatic heterocycles. The van der Waals surface area contributed by atoms with Gasteiger partial charge in [-0.3, -0.25) is 0 Å². The fourth-order valence-corrected chi connectivity index (χ4v) is 5.33. The molecule has 0 aliphatic carbocycles. The zero-order chi connectivity index (χ0) is 26.1. The summed E-state index contributed by atoms with van der Waals surface area (Å²) in [6, 6.07) is 16.5. The smallest absolute Gasteiger partial charge is 0.119 e. The zero-order valence-electron chi connectivity index (χ0n) is 22.4. The lowest BCUT2D eigenvalue weighted by Crippen LogP contribution is -2.22. The molecule has 4 unspecified atom stereocenters. The highest BCUT2D eigenvalue weighted by Crippen LogP contribution is 2.33. The molecule has 204 valence electrons. The second kappa shape index (κ2) is 13.6. The molecule has 2 aliphatic rings. The van der Waals surface area contributed by atoms with Gasteiger partial charge in [-0.05, 0) is 73.9 Å². The molecule has 0 amide bonds. The number of hydrogen-bond acceptors (Lipinski definition) is 6. The summed E-state index contributed by atoms with van der Waals surface area (Å²) in [7, 11) is 0. The van der Waals surface area contributed by atoms with Crippen LogP contribution < -0.4 is 9.47 Å². The van der Waals surface area contributed by atoms with E-state index in [0.717, 1.165) is 63.2 Å². The summed E-state index contributed by atoms with van der Waals surface area (Å²) in [5.41, 5.74) is 2.21. The Labute approximate surface area is 221 Å². The van der Waals surface area contributed by atoms with E-state index < -0.39 is 0 Å². The number of ether oxygens (including phenoxy) is 4. The third-order valence-corrected chi connectivity index (χ3v) is 7.88. The van der Waals surface area contributed by atoms with Crippen molar-refractivity contribution in [2.24, 2.45) is 11.8 Å². The molecule has 0 bridgehead atoms. The maximum atomic E-state index is 9.73. The van der Waals surface area contributed by atoms with Crippen molar-refractivity contribution in [1.82, 2.24) is 0 Å². The van der Waals surface area contributed by atoms with Gasteiger partial charge in [0, 0.05) is 43.7 Å². The Morgan fingerprint density at radius 1 is 0.730 bits per heavy atom. The Morgan fingerprint density at radius 2 is 1.14 bits per heavy atom. The number of aliphatic hydroxyl groups is 2. The molecular formula is C31H44O6. The van der Waals surface area contributed by atoms with E-state index in [0.29, 0.717) is 13.2 Å². The van der Waals surface area contributed by atoms with E-state index in [2.05, 4.69) is 38.1 Å². The number of hydrogen-bond donors (Lipinski definition) is 2. The molecule has 2 N–H and O–H groups in total. The van der Waals surface area contributed by atoms with Crippen LogP contribution in [0.1, 0.15) is 63.5 Å². The first-order valence-electron chi connectivity index (χ1n) is 13.9. The van der Waals surface area contributed by atoms with Crippen molar-refractivity contribution in [1.29, 1.82) is 0 Å². The quantitative estimate of drug-likeness (QED) is 0.366. The van der Waals surface area contributed by atoms with E-state index in [9.17, 15) is 10.2 Å². The largest absolute Gasteiger partial charge is 0.493 e. The Kier molecular flexibility index (Phi) is 10.3. The maximum absolute atomic E-state index is 9.73. The topological polar surface area (TPSA) is 77.4 Å². The molecule has 2 heterocycles. The van der Waals surface area contributed by atoms with E-state index in [-0.39, 0.29) is 42.7 Å². The molecule has 37 heavy (non-hydrogen) atoms. The first kappa shape index (κ1) is 27.9. The van der Waals surface area contributed by atoms with Crippen LogP contribution in [-0.2, 0) is 14.9 Å². The molecule has 2 fully saturated rings. The van der Waals surface area contributed by atoms with Crippen molar-refractivity contribution in [2.45, 2.75) is 70.0 Å². The lowest BCUT2D eigenvalue weighted by molar-refractivity contribution is 0.0621. The van der Waals surface area contributed by atoms with Crippen LogP contribution in [0.4, 0.5) is 0 Å². The second-order valence-electron chi connectivity index (χ2n) is 11.1. The third kappa shape index (κ3) is 7.93. The van der Waals surface area contributed by atoms with Crippen LogP contribution in [-0.4, -0.2) is 62.1 Å². The van der Waals surface area contributed by atoms with Crippen LogP contribution in [0.5, 0.6) is 11.5 Å². The van der Waals surface area contributed by atoms with Crippen LogP contribution >= 0.6 is 0 Å². The first-order chi connectivity index (χ1) is 18.0. The number of aliphatic hydroxyl groups excluding tert-OH is 2. The molecule has 4 rings (SSSR count). The van der Waals surface area contributed by atoms with Gasteiger partial charge in [-0.25, -0.2) is 0 Å². The Balaban J connectivity index is 1.28. The van der Waals surface area contributed by atoms with Gasteiger partial charge in [0.15, 0.2) is 0 Å². The van der Waals surface area contributed by atoms with Gasteiger partial charge in [0.1, 0.15) is 11.5 Å². The van der Waals surface area contributed by atoms with Crippen LogP contribution in [0.25, 0.3) is 0 Å². The third-order valence-electron chi connectivity index (χ3n) is 7.88. The molecular weight excluding hydrogens is 468 g/mol. The van der Waals surface area contributed by atoms with Crippen LogP contribution in [0.3, 0.4) is 0 Å². The van der Waals surface area contributed by atoms with E-state index in [1.807, 2.05) is 24.3 Å². The molecule has 2 aromatic carbocycles. The minimum absolute atomic E-state index is 0.0867. The van der Waals surface area contributed by atoms with Gasteiger partial charge in [-0.2, -0.15) is 0 Å². The predicted octanol–water partition coefficient (Wildman–Crippen LogP) is 5.13. The summed E-state index contributed by atoms with van der Waals surface area (Å²) in [5, 5.41) is 19.5. The average Bonchev–Trinajstić information content (AvgIpc) is 3.64. The summed E-state index contributed by atoms with van der Waals surface area (Å²) in [6.45, 7) is 7.29. The van der Waals surface area contributed by atoms with E-state index >= 15 is 0 Å². The molecule has 0 saturated carbocycles. The molecule has 6 nitrogen and oxygen atoms in total. The molecule has 6 heteroatoms. The second-order valence-corrected chi connectivity index (χ2v) is 11.1. The fraction of sp³-hybridized carbons (Fsp3) is 0.613. The summed E-state index contributed by atoms with van der Waals surface area (Å²) in [6.07, 6.45) is 6.56. The summed E-state index contributed by atoms with van der Waals surface area (Å²) in [5.74, 6) is 1.80. The van der Waals surface area contributed by atoms with Crippen molar-refractivity contribution >= 4 is 0 Å². The molecule has 2 aliphatic heterocycles. The van der Waals surface area contributed by atoms with Gasteiger partial charge in [0.2, 0.25) is 0 Å². The predicted molar refractivity (Wildman–Crippen MR) is 144 cm³/mol. The minimum atomic E-state index is -0.183. The molecule has 2 saturated heterocycles. The fourth-order valence-electron chi connectivity index (χ4n) is 5.33. The van der Waals surface area contributed by atoms with Gasteiger partial charge < -0.3 is 29.2 Å².